The van der Waals surface area contributed by atoms with Crippen LogP contribution in [0.5, 0.6) is 5.75 Å². The number of hydrogen-bond donors (Lipinski definition) is 1. The summed E-state index contributed by atoms with van der Waals surface area (Å²) in [6, 6.07) is 8.14. The number of nitrogens with zero attached hydrogens (tertiary/aromatic N) is 1. The Labute approximate surface area is 111 Å². The van der Waals surface area contributed by atoms with Gasteiger partial charge < -0.3 is 15.4 Å². The third-order valence-corrected chi connectivity index (χ3v) is 3.16. The van der Waals surface area contributed by atoms with E-state index in [0.717, 1.165) is 18.8 Å². The molecule has 0 heterocycles. The number of ether oxygens (including phenoxy) is 1. The maximum Gasteiger partial charge on any atom is 0.120 e. The van der Waals surface area contributed by atoms with Gasteiger partial charge in [0, 0.05) is 25.3 Å². The van der Waals surface area contributed by atoms with E-state index in [1.54, 1.807) is 7.11 Å². The lowest BCUT2D eigenvalue weighted by atomic mass is 9.96. The predicted molar refractivity (Wildman–Crippen MR) is 78.3 cm³/mol. The summed E-state index contributed by atoms with van der Waals surface area (Å²) in [4.78, 5) is 2.25. The van der Waals surface area contributed by atoms with E-state index in [1.165, 1.54) is 12.1 Å². The molecule has 0 spiro atoms. The Hall–Kier alpha value is -1.22. The van der Waals surface area contributed by atoms with Crippen molar-refractivity contribution in [3.8, 4) is 5.75 Å². The van der Waals surface area contributed by atoms with Crippen LogP contribution in [0.25, 0.3) is 0 Å². The van der Waals surface area contributed by atoms with E-state index in [1.807, 2.05) is 12.1 Å². The number of hydrogen-bond acceptors (Lipinski definition) is 3. The summed E-state index contributed by atoms with van der Waals surface area (Å²) in [5.41, 5.74) is 7.03. The third kappa shape index (κ3) is 4.57. The molecule has 0 aromatic heterocycles. The molecule has 0 bridgehead atoms. The number of benzene rings is 1. The van der Waals surface area contributed by atoms with Crippen LogP contribution in [0.15, 0.2) is 24.3 Å². The molecular weight excluding hydrogens is 224 g/mol. The molecule has 0 aliphatic heterocycles. The highest BCUT2D eigenvalue weighted by Gasteiger charge is 2.12. The average Bonchev–Trinajstić information content (AvgIpc) is 2.37. The number of rotatable bonds is 7. The molecule has 0 fully saturated rings. The van der Waals surface area contributed by atoms with Gasteiger partial charge in [0.25, 0.3) is 0 Å². The van der Waals surface area contributed by atoms with Gasteiger partial charge in [-0.3, -0.25) is 0 Å². The molecule has 0 aliphatic carbocycles. The van der Waals surface area contributed by atoms with Crippen LogP contribution < -0.4 is 15.4 Å². The van der Waals surface area contributed by atoms with Gasteiger partial charge in [-0.15, -0.1) is 0 Å². The van der Waals surface area contributed by atoms with E-state index in [0.29, 0.717) is 11.8 Å². The number of methoxy groups -OCH3 is 1. The van der Waals surface area contributed by atoms with Gasteiger partial charge in [-0.25, -0.2) is 0 Å². The standard InChI is InChI=1S/C15H26N2O/c1-12(2)8-13(10-16)11-17(3)14-6-5-7-15(9-14)18-4/h5-7,9,12-13H,8,10-11,16H2,1-4H3. The maximum atomic E-state index is 5.85. The van der Waals surface area contributed by atoms with Crippen molar-refractivity contribution >= 4 is 5.69 Å². The maximum absolute atomic E-state index is 5.85. The van der Waals surface area contributed by atoms with Crippen molar-refractivity contribution < 1.29 is 4.74 Å². The molecular formula is C15H26N2O. The molecule has 0 saturated carbocycles. The van der Waals surface area contributed by atoms with Gasteiger partial charge in [0.05, 0.1) is 7.11 Å². The Bertz CT molecular complexity index is 352. The first-order valence-electron chi connectivity index (χ1n) is 6.62. The monoisotopic (exact) mass is 250 g/mol. The smallest absolute Gasteiger partial charge is 0.120 e. The fraction of sp³-hybridized carbons (Fsp3) is 0.600. The minimum atomic E-state index is 0.543. The zero-order valence-corrected chi connectivity index (χ0v) is 12.0. The van der Waals surface area contributed by atoms with Crippen molar-refractivity contribution in [3.05, 3.63) is 24.3 Å². The van der Waals surface area contributed by atoms with E-state index >= 15 is 0 Å². The quantitative estimate of drug-likeness (QED) is 0.808. The molecule has 3 nitrogen and oxygen atoms in total. The molecule has 0 saturated heterocycles. The molecule has 1 aromatic rings. The van der Waals surface area contributed by atoms with Crippen LogP contribution in [0.2, 0.25) is 0 Å². The minimum absolute atomic E-state index is 0.543. The SMILES string of the molecule is COc1cccc(N(C)CC(CN)CC(C)C)c1. The first-order chi connectivity index (χ1) is 8.56. The van der Waals surface area contributed by atoms with Gasteiger partial charge in [-0.05, 0) is 36.9 Å². The van der Waals surface area contributed by atoms with E-state index in [2.05, 4.69) is 37.9 Å². The molecule has 0 amide bonds. The number of anilines is 1. The van der Waals surface area contributed by atoms with Gasteiger partial charge in [0.2, 0.25) is 0 Å². The Morgan fingerprint density at radius 3 is 2.61 bits per heavy atom. The van der Waals surface area contributed by atoms with Crippen molar-refractivity contribution in [2.75, 3.05) is 32.1 Å². The summed E-state index contributed by atoms with van der Waals surface area (Å²) < 4.78 is 5.25. The normalized spacial score (nSPS) is 12.6. The first-order valence-corrected chi connectivity index (χ1v) is 6.62. The summed E-state index contributed by atoms with van der Waals surface area (Å²) in [7, 11) is 3.80. The van der Waals surface area contributed by atoms with Crippen LogP contribution in [0.1, 0.15) is 20.3 Å². The minimum Gasteiger partial charge on any atom is -0.497 e. The van der Waals surface area contributed by atoms with Gasteiger partial charge in [0.1, 0.15) is 5.75 Å². The van der Waals surface area contributed by atoms with Crippen LogP contribution >= 0.6 is 0 Å². The first kappa shape index (κ1) is 14.8. The van der Waals surface area contributed by atoms with Crippen molar-refractivity contribution in [2.45, 2.75) is 20.3 Å². The highest BCUT2D eigenvalue weighted by molar-refractivity contribution is 5.50. The lowest BCUT2D eigenvalue weighted by Gasteiger charge is -2.26. The summed E-state index contributed by atoms with van der Waals surface area (Å²) in [5.74, 6) is 2.13. The van der Waals surface area contributed by atoms with Crippen molar-refractivity contribution in [3.63, 3.8) is 0 Å². The van der Waals surface area contributed by atoms with E-state index in [-0.39, 0.29) is 0 Å². The van der Waals surface area contributed by atoms with Crippen molar-refractivity contribution in [2.24, 2.45) is 17.6 Å². The fourth-order valence-electron chi connectivity index (χ4n) is 2.25. The molecule has 1 aromatic carbocycles. The molecule has 1 unspecified atom stereocenters. The average molecular weight is 250 g/mol. The Balaban J connectivity index is 2.64. The third-order valence-electron chi connectivity index (χ3n) is 3.16. The van der Waals surface area contributed by atoms with Crippen LogP contribution in [-0.2, 0) is 0 Å². The second-order valence-electron chi connectivity index (χ2n) is 5.31. The molecule has 102 valence electrons. The zero-order chi connectivity index (χ0) is 13.5. The van der Waals surface area contributed by atoms with Crippen molar-refractivity contribution in [1.29, 1.82) is 0 Å². The van der Waals surface area contributed by atoms with Crippen LogP contribution in [0.3, 0.4) is 0 Å². The van der Waals surface area contributed by atoms with E-state index < -0.39 is 0 Å². The van der Waals surface area contributed by atoms with Crippen LogP contribution in [0, 0.1) is 11.8 Å². The summed E-state index contributed by atoms with van der Waals surface area (Å²) in [6.07, 6.45) is 1.17. The van der Waals surface area contributed by atoms with Gasteiger partial charge in [0.15, 0.2) is 0 Å². The molecule has 0 aliphatic rings. The van der Waals surface area contributed by atoms with E-state index in [4.69, 9.17) is 10.5 Å². The Morgan fingerprint density at radius 1 is 1.33 bits per heavy atom. The van der Waals surface area contributed by atoms with Crippen molar-refractivity contribution in [1.82, 2.24) is 0 Å². The van der Waals surface area contributed by atoms with Crippen LogP contribution in [0.4, 0.5) is 5.69 Å². The molecule has 0 radical (unpaired) electrons. The zero-order valence-electron chi connectivity index (χ0n) is 12.0. The largest absolute Gasteiger partial charge is 0.497 e. The topological polar surface area (TPSA) is 38.5 Å². The number of nitrogens with two attached hydrogens (primary N) is 1. The van der Waals surface area contributed by atoms with Gasteiger partial charge >= 0.3 is 0 Å². The van der Waals surface area contributed by atoms with Gasteiger partial charge in [-0.1, -0.05) is 19.9 Å². The summed E-state index contributed by atoms with van der Waals surface area (Å²) in [6.45, 7) is 6.22. The lowest BCUT2D eigenvalue weighted by molar-refractivity contribution is 0.412. The summed E-state index contributed by atoms with van der Waals surface area (Å²) in [5, 5.41) is 0. The van der Waals surface area contributed by atoms with Crippen LogP contribution in [-0.4, -0.2) is 27.2 Å². The molecule has 18 heavy (non-hydrogen) atoms. The van der Waals surface area contributed by atoms with E-state index in [9.17, 15) is 0 Å². The lowest BCUT2D eigenvalue weighted by Crippen LogP contribution is -2.31. The highest BCUT2D eigenvalue weighted by Crippen LogP contribution is 2.21. The Kier molecular flexibility index (Phi) is 5.99. The Morgan fingerprint density at radius 2 is 2.06 bits per heavy atom. The highest BCUT2D eigenvalue weighted by atomic mass is 16.5. The second-order valence-corrected chi connectivity index (χ2v) is 5.31. The second kappa shape index (κ2) is 7.27. The molecule has 3 heteroatoms. The molecule has 1 rings (SSSR count). The van der Waals surface area contributed by atoms with Gasteiger partial charge in [-0.2, -0.15) is 0 Å². The molecule has 1 atom stereocenters. The fourth-order valence-corrected chi connectivity index (χ4v) is 2.25. The predicted octanol–water partition coefficient (Wildman–Crippen LogP) is 2.75. The summed E-state index contributed by atoms with van der Waals surface area (Å²) >= 11 is 0. The molecule has 2 N–H and O–H groups in total.